The summed E-state index contributed by atoms with van der Waals surface area (Å²) in [5.74, 6) is 0. The second kappa shape index (κ2) is 6.35. The lowest BCUT2D eigenvalue weighted by Gasteiger charge is -2.22. The van der Waals surface area contributed by atoms with E-state index in [1.807, 2.05) is 20.8 Å². The van der Waals surface area contributed by atoms with Gasteiger partial charge in [0.15, 0.2) is 4.90 Å². The Balaban J connectivity index is 3.02. The largest absolute Gasteiger partial charge is 0.392 e. The Kier molecular flexibility index (Phi) is 5.37. The highest BCUT2D eigenvalue weighted by Gasteiger charge is 2.23. The van der Waals surface area contributed by atoms with Crippen molar-refractivity contribution in [3.8, 4) is 0 Å². The van der Waals surface area contributed by atoms with Gasteiger partial charge in [-0.05, 0) is 11.8 Å². The molecule has 0 radical (unpaired) electrons. The van der Waals surface area contributed by atoms with Crippen molar-refractivity contribution in [1.82, 2.24) is 13.9 Å². The third-order valence-corrected chi connectivity index (χ3v) is 4.47. The molecule has 0 aliphatic rings. The van der Waals surface area contributed by atoms with E-state index in [4.69, 9.17) is 0 Å². The second-order valence-electron chi connectivity index (χ2n) is 6.52. The zero-order valence-corrected chi connectivity index (χ0v) is 14.3. The normalized spacial score (nSPS) is 14.1. The van der Waals surface area contributed by atoms with Gasteiger partial charge in [0.05, 0.1) is 6.10 Å². The number of aliphatic hydroxyl groups is 1. The fraction of sp³-hybridized carbons (Fsp3) is 0.692. The second-order valence-corrected chi connectivity index (χ2v) is 8.26. The fourth-order valence-corrected chi connectivity index (χ4v) is 3.25. The number of nitrogens with zero attached hydrogens (tertiary/aromatic N) is 2. The van der Waals surface area contributed by atoms with Gasteiger partial charge in [-0.2, -0.15) is 0 Å². The van der Waals surface area contributed by atoms with Gasteiger partial charge in [0.1, 0.15) is 0 Å². The molecule has 1 atom stereocenters. The molecule has 1 heterocycles. The van der Waals surface area contributed by atoms with Gasteiger partial charge in [0.2, 0.25) is 10.0 Å². The van der Waals surface area contributed by atoms with E-state index in [1.165, 1.54) is 14.1 Å². The topological polar surface area (TPSA) is 110 Å². The van der Waals surface area contributed by atoms with Crippen molar-refractivity contribution in [2.75, 3.05) is 6.54 Å². The summed E-state index contributed by atoms with van der Waals surface area (Å²) in [6.07, 6.45) is 0.510. The van der Waals surface area contributed by atoms with E-state index >= 15 is 0 Å². The van der Waals surface area contributed by atoms with Crippen LogP contribution in [0.2, 0.25) is 0 Å². The predicted molar refractivity (Wildman–Crippen MR) is 82.2 cm³/mol. The molecule has 0 aliphatic heterocycles. The Hall–Kier alpha value is -1.45. The first kappa shape index (κ1) is 18.6. The number of rotatable bonds is 5. The first-order valence-corrected chi connectivity index (χ1v) is 8.28. The molecular formula is C13H23N3O5S. The summed E-state index contributed by atoms with van der Waals surface area (Å²) in [5, 5.41) is 9.85. The van der Waals surface area contributed by atoms with E-state index in [2.05, 4.69) is 4.72 Å². The number of sulfonamides is 1. The molecule has 22 heavy (non-hydrogen) atoms. The Labute approximate surface area is 129 Å². The van der Waals surface area contributed by atoms with Crippen LogP contribution in [0.1, 0.15) is 27.2 Å². The van der Waals surface area contributed by atoms with Gasteiger partial charge in [-0.1, -0.05) is 20.8 Å². The zero-order chi connectivity index (χ0) is 17.3. The molecule has 2 N–H and O–H groups in total. The molecule has 1 aromatic rings. The summed E-state index contributed by atoms with van der Waals surface area (Å²) >= 11 is 0. The third-order valence-electron chi connectivity index (χ3n) is 3.06. The average molecular weight is 333 g/mol. The molecule has 1 aromatic heterocycles. The summed E-state index contributed by atoms with van der Waals surface area (Å²) in [6.45, 7) is 5.57. The van der Waals surface area contributed by atoms with Crippen molar-refractivity contribution >= 4 is 10.0 Å². The summed E-state index contributed by atoms with van der Waals surface area (Å²) < 4.78 is 28.3. The monoisotopic (exact) mass is 333 g/mol. The third kappa shape index (κ3) is 4.52. The van der Waals surface area contributed by atoms with Crippen LogP contribution in [-0.4, -0.2) is 35.3 Å². The minimum absolute atomic E-state index is 0.155. The summed E-state index contributed by atoms with van der Waals surface area (Å²) in [4.78, 5) is 23.0. The zero-order valence-electron chi connectivity index (χ0n) is 13.5. The molecule has 1 rings (SSSR count). The minimum atomic E-state index is -4.11. The summed E-state index contributed by atoms with van der Waals surface area (Å²) in [7, 11) is -1.54. The minimum Gasteiger partial charge on any atom is -0.392 e. The average Bonchev–Trinajstić information content (AvgIpc) is 2.36. The Morgan fingerprint density at radius 1 is 1.27 bits per heavy atom. The van der Waals surface area contributed by atoms with Gasteiger partial charge < -0.3 is 9.67 Å². The Morgan fingerprint density at radius 2 is 1.82 bits per heavy atom. The number of hydrogen-bond acceptors (Lipinski definition) is 5. The van der Waals surface area contributed by atoms with Crippen molar-refractivity contribution in [1.29, 1.82) is 0 Å². The van der Waals surface area contributed by atoms with Gasteiger partial charge in [-0.25, -0.2) is 17.9 Å². The fourth-order valence-electron chi connectivity index (χ4n) is 2.02. The quantitative estimate of drug-likeness (QED) is 0.730. The number of hydrogen-bond donors (Lipinski definition) is 2. The molecule has 0 aliphatic carbocycles. The van der Waals surface area contributed by atoms with Crippen molar-refractivity contribution < 1.29 is 13.5 Å². The first-order valence-electron chi connectivity index (χ1n) is 6.79. The van der Waals surface area contributed by atoms with Crippen molar-refractivity contribution in [2.45, 2.75) is 38.2 Å². The predicted octanol–water partition coefficient (Wildman–Crippen LogP) is -0.841. The van der Waals surface area contributed by atoms with Crippen molar-refractivity contribution in [3.05, 3.63) is 27.0 Å². The van der Waals surface area contributed by atoms with Crippen LogP contribution in [0, 0.1) is 5.41 Å². The number of aryl methyl sites for hydroxylation is 1. The molecule has 8 nitrogen and oxygen atoms in total. The maximum atomic E-state index is 12.2. The summed E-state index contributed by atoms with van der Waals surface area (Å²) in [5.41, 5.74) is -1.67. The lowest BCUT2D eigenvalue weighted by Crippen LogP contribution is -2.42. The van der Waals surface area contributed by atoms with E-state index in [0.717, 1.165) is 15.3 Å². The van der Waals surface area contributed by atoms with Gasteiger partial charge in [-0.3, -0.25) is 9.36 Å². The SMILES string of the molecule is Cn1cc(S(=O)(=O)NCC(O)CC(C)(C)C)c(=O)n(C)c1=O. The smallest absolute Gasteiger partial charge is 0.330 e. The molecule has 9 heteroatoms. The van der Waals surface area contributed by atoms with Crippen LogP contribution in [0.5, 0.6) is 0 Å². The summed E-state index contributed by atoms with van der Waals surface area (Å²) in [6, 6.07) is 0. The van der Waals surface area contributed by atoms with Crippen molar-refractivity contribution in [2.24, 2.45) is 19.5 Å². The van der Waals surface area contributed by atoms with Crippen LogP contribution in [0.3, 0.4) is 0 Å². The van der Waals surface area contributed by atoms with Gasteiger partial charge in [0, 0.05) is 26.8 Å². The van der Waals surface area contributed by atoms with Gasteiger partial charge in [0.25, 0.3) is 5.56 Å². The molecule has 0 fully saturated rings. The van der Waals surface area contributed by atoms with Crippen LogP contribution >= 0.6 is 0 Å². The van der Waals surface area contributed by atoms with Crippen LogP contribution in [0.15, 0.2) is 20.7 Å². The Bertz CT molecular complexity index is 755. The molecule has 1 unspecified atom stereocenters. The number of nitrogens with one attached hydrogen (secondary N) is 1. The maximum absolute atomic E-state index is 12.2. The molecule has 0 bridgehead atoms. The standard InChI is InChI=1S/C13H23N3O5S/c1-13(2,3)6-9(17)7-14-22(20,21)10-8-15(4)12(19)16(5)11(10)18/h8-9,14,17H,6-7H2,1-5H3. The van der Waals surface area contributed by atoms with Crippen LogP contribution in [-0.2, 0) is 24.1 Å². The van der Waals surface area contributed by atoms with E-state index in [0.29, 0.717) is 6.42 Å². The van der Waals surface area contributed by atoms with E-state index in [1.54, 1.807) is 0 Å². The van der Waals surface area contributed by atoms with Crippen molar-refractivity contribution in [3.63, 3.8) is 0 Å². The van der Waals surface area contributed by atoms with E-state index < -0.39 is 32.3 Å². The lowest BCUT2D eigenvalue weighted by atomic mass is 9.89. The highest BCUT2D eigenvalue weighted by molar-refractivity contribution is 7.89. The van der Waals surface area contributed by atoms with E-state index in [-0.39, 0.29) is 12.0 Å². The van der Waals surface area contributed by atoms with Crippen LogP contribution in [0.25, 0.3) is 0 Å². The van der Waals surface area contributed by atoms with Crippen LogP contribution in [0.4, 0.5) is 0 Å². The maximum Gasteiger partial charge on any atom is 0.330 e. The first-order chi connectivity index (χ1) is 9.85. The molecule has 0 aromatic carbocycles. The molecule has 0 saturated heterocycles. The lowest BCUT2D eigenvalue weighted by molar-refractivity contribution is 0.125. The Morgan fingerprint density at radius 3 is 2.32 bits per heavy atom. The molecule has 0 saturated carbocycles. The molecule has 0 amide bonds. The number of aliphatic hydroxyl groups excluding tert-OH is 1. The molecular weight excluding hydrogens is 310 g/mol. The highest BCUT2D eigenvalue weighted by atomic mass is 32.2. The molecule has 126 valence electrons. The number of aromatic nitrogens is 2. The van der Waals surface area contributed by atoms with Gasteiger partial charge in [-0.15, -0.1) is 0 Å². The highest BCUT2D eigenvalue weighted by Crippen LogP contribution is 2.20. The van der Waals surface area contributed by atoms with Gasteiger partial charge >= 0.3 is 5.69 Å². The van der Waals surface area contributed by atoms with Crippen LogP contribution < -0.4 is 16.0 Å². The molecule has 0 spiro atoms. The van der Waals surface area contributed by atoms with E-state index in [9.17, 15) is 23.1 Å².